The topological polar surface area (TPSA) is 97.1 Å². The van der Waals surface area contributed by atoms with E-state index in [1.807, 2.05) is 6.07 Å². The lowest BCUT2D eigenvalue weighted by atomic mass is 10.1. The van der Waals surface area contributed by atoms with Crippen molar-refractivity contribution in [2.75, 3.05) is 12.0 Å². The molecule has 0 spiro atoms. The Balaban J connectivity index is 2.51. The van der Waals surface area contributed by atoms with E-state index in [1.165, 1.54) is 18.4 Å². The summed E-state index contributed by atoms with van der Waals surface area (Å²) in [6.07, 6.45) is 2.52. The molecule has 6 heteroatoms. The zero-order valence-electron chi connectivity index (χ0n) is 9.54. The Bertz CT molecular complexity index is 722. The minimum atomic E-state index is -3.23. The van der Waals surface area contributed by atoms with Crippen LogP contribution in [-0.2, 0) is 9.84 Å². The zero-order valence-corrected chi connectivity index (χ0v) is 10.4. The number of anilines is 1. The molecule has 0 saturated carbocycles. The molecule has 0 radical (unpaired) electrons. The van der Waals surface area contributed by atoms with E-state index in [2.05, 4.69) is 0 Å². The lowest BCUT2D eigenvalue weighted by Crippen LogP contribution is -1.96. The Labute approximate surface area is 104 Å². The maximum Gasteiger partial charge on any atom is 0.208 e. The molecule has 1 heterocycles. The van der Waals surface area contributed by atoms with Gasteiger partial charge >= 0.3 is 0 Å². The molecule has 0 atom stereocenters. The molecule has 0 unspecified atom stereocenters. The third-order valence-corrected chi connectivity index (χ3v) is 3.65. The summed E-state index contributed by atoms with van der Waals surface area (Å²) in [6, 6.07) is 8.14. The fraction of sp³-hybridized carbons (Fsp3) is 0.0833. The van der Waals surface area contributed by atoms with E-state index in [1.54, 1.807) is 12.1 Å². The number of nitrogen functional groups attached to an aromatic ring is 1. The maximum atomic E-state index is 11.3. The molecule has 5 nitrogen and oxygen atoms in total. The number of nitrogens with two attached hydrogens (primary N) is 1. The van der Waals surface area contributed by atoms with Gasteiger partial charge in [0.2, 0.25) is 5.88 Å². The highest BCUT2D eigenvalue weighted by atomic mass is 32.2. The first-order valence-corrected chi connectivity index (χ1v) is 6.90. The van der Waals surface area contributed by atoms with E-state index in [0.29, 0.717) is 11.1 Å². The number of furan rings is 1. The summed E-state index contributed by atoms with van der Waals surface area (Å²) < 4.78 is 27.6. The molecule has 92 valence electrons. The fourth-order valence-electron chi connectivity index (χ4n) is 1.58. The molecule has 0 fully saturated rings. The number of hydrogen-bond donors (Lipinski definition) is 1. The van der Waals surface area contributed by atoms with Crippen LogP contribution in [0.4, 0.5) is 5.88 Å². The van der Waals surface area contributed by atoms with Crippen LogP contribution in [0.3, 0.4) is 0 Å². The number of hydrogen-bond acceptors (Lipinski definition) is 5. The average molecular weight is 262 g/mol. The largest absolute Gasteiger partial charge is 0.447 e. The lowest BCUT2D eigenvalue weighted by Gasteiger charge is -2.01. The molecule has 2 rings (SSSR count). The number of benzene rings is 1. The number of rotatable bonds is 2. The van der Waals surface area contributed by atoms with E-state index in [0.717, 1.165) is 6.26 Å². The first kappa shape index (κ1) is 12.2. The zero-order chi connectivity index (χ0) is 13.3. The Morgan fingerprint density at radius 1 is 1.28 bits per heavy atom. The third-order valence-electron chi connectivity index (χ3n) is 2.52. The maximum absolute atomic E-state index is 11.3. The highest BCUT2D eigenvalue weighted by molar-refractivity contribution is 7.90. The summed E-state index contributed by atoms with van der Waals surface area (Å²) in [5.74, 6) is 0.0553. The minimum absolute atomic E-state index is 0.0553. The van der Waals surface area contributed by atoms with Crippen molar-refractivity contribution >= 4 is 15.7 Å². The summed E-state index contributed by atoms with van der Waals surface area (Å²) in [5, 5.41) is 8.95. The number of sulfone groups is 1. The molecular formula is C12H10N2O3S. The van der Waals surface area contributed by atoms with Crippen molar-refractivity contribution in [3.63, 3.8) is 0 Å². The fourth-order valence-corrected chi connectivity index (χ4v) is 2.21. The summed E-state index contributed by atoms with van der Waals surface area (Å²) in [5.41, 5.74) is 6.99. The van der Waals surface area contributed by atoms with Gasteiger partial charge in [-0.15, -0.1) is 0 Å². The molecule has 2 aromatic rings. The standard InChI is InChI=1S/C12H10N2O3S/c1-18(15,16)9-4-2-8(3-5-9)11-7-17-12(14)10(11)6-13/h2-5,7H,14H2,1H3. The van der Waals surface area contributed by atoms with Gasteiger partial charge < -0.3 is 10.2 Å². The Kier molecular flexibility index (Phi) is 2.85. The van der Waals surface area contributed by atoms with Crippen molar-refractivity contribution in [2.24, 2.45) is 0 Å². The monoisotopic (exact) mass is 262 g/mol. The lowest BCUT2D eigenvalue weighted by molar-refractivity contribution is 0.588. The van der Waals surface area contributed by atoms with Gasteiger partial charge in [-0.2, -0.15) is 5.26 Å². The van der Waals surface area contributed by atoms with Crippen LogP contribution >= 0.6 is 0 Å². The quantitative estimate of drug-likeness (QED) is 0.890. The molecule has 1 aromatic carbocycles. The van der Waals surface area contributed by atoms with E-state index in [4.69, 9.17) is 15.4 Å². The smallest absolute Gasteiger partial charge is 0.208 e. The van der Waals surface area contributed by atoms with E-state index >= 15 is 0 Å². The number of nitriles is 1. The normalized spacial score (nSPS) is 11.1. The van der Waals surface area contributed by atoms with Gasteiger partial charge in [0.15, 0.2) is 9.84 Å². The predicted octanol–water partition coefficient (Wildman–Crippen LogP) is 1.80. The first-order valence-electron chi connectivity index (χ1n) is 5.01. The Morgan fingerprint density at radius 3 is 2.39 bits per heavy atom. The van der Waals surface area contributed by atoms with Crippen molar-refractivity contribution in [2.45, 2.75) is 4.90 Å². The third kappa shape index (κ3) is 2.08. The van der Waals surface area contributed by atoms with Crippen LogP contribution in [0.2, 0.25) is 0 Å². The Hall–Kier alpha value is -2.26. The second-order valence-electron chi connectivity index (χ2n) is 3.80. The van der Waals surface area contributed by atoms with Crippen molar-refractivity contribution in [1.29, 1.82) is 5.26 Å². The van der Waals surface area contributed by atoms with Crippen LogP contribution < -0.4 is 5.73 Å². The summed E-state index contributed by atoms with van der Waals surface area (Å²) in [7, 11) is -3.23. The van der Waals surface area contributed by atoms with Gasteiger partial charge in [0, 0.05) is 11.8 Å². The molecule has 0 aliphatic carbocycles. The summed E-state index contributed by atoms with van der Waals surface area (Å²) in [4.78, 5) is 0.223. The van der Waals surface area contributed by atoms with E-state index in [-0.39, 0.29) is 16.3 Å². The van der Waals surface area contributed by atoms with Gasteiger partial charge in [0.1, 0.15) is 17.9 Å². The molecule has 0 aliphatic heterocycles. The Morgan fingerprint density at radius 2 is 1.89 bits per heavy atom. The molecule has 1 aromatic heterocycles. The second kappa shape index (κ2) is 4.20. The minimum Gasteiger partial charge on any atom is -0.447 e. The van der Waals surface area contributed by atoms with Gasteiger partial charge in [-0.05, 0) is 17.7 Å². The van der Waals surface area contributed by atoms with Gasteiger partial charge in [-0.1, -0.05) is 12.1 Å². The molecule has 2 N–H and O–H groups in total. The molecule has 0 aliphatic rings. The summed E-state index contributed by atoms with van der Waals surface area (Å²) in [6.45, 7) is 0. The highest BCUT2D eigenvalue weighted by Crippen LogP contribution is 2.29. The van der Waals surface area contributed by atoms with Gasteiger partial charge in [0.25, 0.3) is 0 Å². The molecule has 0 saturated heterocycles. The van der Waals surface area contributed by atoms with Crippen LogP contribution in [-0.4, -0.2) is 14.7 Å². The van der Waals surface area contributed by atoms with Gasteiger partial charge in [0.05, 0.1) is 4.90 Å². The number of nitrogens with zero attached hydrogens (tertiary/aromatic N) is 1. The van der Waals surface area contributed by atoms with Crippen LogP contribution in [0.5, 0.6) is 0 Å². The van der Waals surface area contributed by atoms with E-state index in [9.17, 15) is 8.42 Å². The first-order chi connectivity index (χ1) is 8.43. The molecule has 18 heavy (non-hydrogen) atoms. The van der Waals surface area contributed by atoms with Gasteiger partial charge in [-0.25, -0.2) is 8.42 Å². The van der Waals surface area contributed by atoms with Gasteiger partial charge in [-0.3, -0.25) is 0 Å². The van der Waals surface area contributed by atoms with Crippen LogP contribution in [0.25, 0.3) is 11.1 Å². The second-order valence-corrected chi connectivity index (χ2v) is 5.81. The van der Waals surface area contributed by atoms with Crippen molar-refractivity contribution in [3.8, 4) is 17.2 Å². The predicted molar refractivity (Wildman–Crippen MR) is 66.4 cm³/mol. The van der Waals surface area contributed by atoms with Crippen LogP contribution in [0.15, 0.2) is 39.8 Å². The molecule has 0 bridgehead atoms. The summed E-state index contributed by atoms with van der Waals surface area (Å²) >= 11 is 0. The van der Waals surface area contributed by atoms with Crippen molar-refractivity contribution in [3.05, 3.63) is 36.1 Å². The average Bonchev–Trinajstić information content (AvgIpc) is 2.69. The molecular weight excluding hydrogens is 252 g/mol. The van der Waals surface area contributed by atoms with Crippen LogP contribution in [0.1, 0.15) is 5.56 Å². The molecule has 0 amide bonds. The van der Waals surface area contributed by atoms with E-state index < -0.39 is 9.84 Å². The SMILES string of the molecule is CS(=O)(=O)c1ccc(-c2coc(N)c2C#N)cc1. The van der Waals surface area contributed by atoms with Crippen molar-refractivity contribution < 1.29 is 12.8 Å². The van der Waals surface area contributed by atoms with Crippen molar-refractivity contribution in [1.82, 2.24) is 0 Å². The highest BCUT2D eigenvalue weighted by Gasteiger charge is 2.13. The van der Waals surface area contributed by atoms with Crippen LogP contribution in [0, 0.1) is 11.3 Å².